The lowest BCUT2D eigenvalue weighted by atomic mass is 9.99. The maximum Gasteiger partial charge on any atom is 0.227 e. The molecule has 0 saturated carbocycles. The number of rotatable bonds is 1. The molecule has 1 saturated heterocycles. The van der Waals surface area contributed by atoms with Gasteiger partial charge in [-0.3, -0.25) is 4.79 Å². The predicted molar refractivity (Wildman–Crippen MR) is 71.1 cm³/mol. The zero-order valence-corrected chi connectivity index (χ0v) is 10.8. The monoisotopic (exact) mass is 232 g/mol. The van der Waals surface area contributed by atoms with Crippen LogP contribution in [0.2, 0.25) is 0 Å². The number of nitrogen functional groups attached to an aromatic ring is 1. The van der Waals surface area contributed by atoms with Crippen molar-refractivity contribution in [1.29, 1.82) is 0 Å². The highest BCUT2D eigenvalue weighted by molar-refractivity contribution is 5.96. The number of carbonyl (C=O) groups is 1. The highest BCUT2D eigenvalue weighted by Gasteiger charge is 2.27. The molecular formula is C14H20N2O. The molecule has 1 aliphatic heterocycles. The fourth-order valence-electron chi connectivity index (χ4n) is 2.53. The number of piperidine rings is 1. The Hall–Kier alpha value is -1.51. The van der Waals surface area contributed by atoms with Crippen LogP contribution in [0.5, 0.6) is 0 Å². The van der Waals surface area contributed by atoms with E-state index in [0.29, 0.717) is 6.42 Å². The van der Waals surface area contributed by atoms with Crippen LogP contribution in [0, 0.1) is 13.8 Å². The van der Waals surface area contributed by atoms with Crippen LogP contribution in [0.25, 0.3) is 0 Å². The lowest BCUT2D eigenvalue weighted by Crippen LogP contribution is -2.42. The Morgan fingerprint density at radius 3 is 2.65 bits per heavy atom. The van der Waals surface area contributed by atoms with Crippen molar-refractivity contribution < 1.29 is 4.79 Å². The molecule has 2 rings (SSSR count). The lowest BCUT2D eigenvalue weighted by Gasteiger charge is -2.34. The molecule has 3 nitrogen and oxygen atoms in total. The predicted octanol–water partition coefficient (Wildman–Crippen LogP) is 2.79. The van der Waals surface area contributed by atoms with Crippen molar-refractivity contribution in [2.75, 3.05) is 10.6 Å². The maximum absolute atomic E-state index is 12.0. The molecule has 0 radical (unpaired) electrons. The number of nitrogens with zero attached hydrogens (tertiary/aromatic N) is 1. The number of aryl methyl sites for hydroxylation is 2. The van der Waals surface area contributed by atoms with Gasteiger partial charge in [0.1, 0.15) is 0 Å². The van der Waals surface area contributed by atoms with E-state index in [1.165, 1.54) is 0 Å². The Kier molecular flexibility index (Phi) is 3.09. The van der Waals surface area contributed by atoms with E-state index in [2.05, 4.69) is 13.0 Å². The fraction of sp³-hybridized carbons (Fsp3) is 0.500. The average molecular weight is 232 g/mol. The highest BCUT2D eigenvalue weighted by Crippen LogP contribution is 2.31. The van der Waals surface area contributed by atoms with Crippen molar-refractivity contribution in [3.63, 3.8) is 0 Å². The van der Waals surface area contributed by atoms with Gasteiger partial charge in [0.15, 0.2) is 0 Å². The van der Waals surface area contributed by atoms with E-state index >= 15 is 0 Å². The molecule has 1 atom stereocenters. The number of anilines is 2. The molecule has 2 N–H and O–H groups in total. The normalized spacial score (nSPS) is 20.8. The van der Waals surface area contributed by atoms with Gasteiger partial charge in [0, 0.05) is 23.8 Å². The second kappa shape index (κ2) is 4.40. The number of carbonyl (C=O) groups excluding carboxylic acids is 1. The third-order valence-corrected chi connectivity index (χ3v) is 3.57. The summed E-state index contributed by atoms with van der Waals surface area (Å²) in [6.07, 6.45) is 2.72. The summed E-state index contributed by atoms with van der Waals surface area (Å²) >= 11 is 0. The Balaban J connectivity index is 2.45. The van der Waals surface area contributed by atoms with Crippen molar-refractivity contribution >= 4 is 17.3 Å². The van der Waals surface area contributed by atoms with E-state index in [1.807, 2.05) is 24.8 Å². The zero-order chi connectivity index (χ0) is 12.6. The largest absolute Gasteiger partial charge is 0.398 e. The first kappa shape index (κ1) is 12.0. The third kappa shape index (κ3) is 2.14. The van der Waals surface area contributed by atoms with Crippen LogP contribution in [-0.4, -0.2) is 11.9 Å². The number of amides is 1. The molecular weight excluding hydrogens is 212 g/mol. The van der Waals surface area contributed by atoms with Crippen molar-refractivity contribution in [1.82, 2.24) is 0 Å². The number of hydrogen-bond donors (Lipinski definition) is 1. The molecule has 0 aliphatic carbocycles. The van der Waals surface area contributed by atoms with Gasteiger partial charge in [-0.15, -0.1) is 0 Å². The van der Waals surface area contributed by atoms with E-state index in [1.54, 1.807) is 0 Å². The standard InChI is InChI=1S/C14H20N2O/c1-9-7-10(2)13(8-12(9)15)16-11(3)5-4-6-14(16)17/h7-8,11H,4-6,15H2,1-3H3. The van der Waals surface area contributed by atoms with Crippen LogP contribution in [0.3, 0.4) is 0 Å². The molecule has 0 aromatic heterocycles. The summed E-state index contributed by atoms with van der Waals surface area (Å²) in [6, 6.07) is 4.26. The Bertz CT molecular complexity index is 454. The minimum Gasteiger partial charge on any atom is -0.398 e. The van der Waals surface area contributed by atoms with Gasteiger partial charge >= 0.3 is 0 Å². The molecule has 1 unspecified atom stereocenters. The molecule has 3 heteroatoms. The molecule has 17 heavy (non-hydrogen) atoms. The van der Waals surface area contributed by atoms with Crippen molar-refractivity contribution in [2.45, 2.75) is 46.1 Å². The Labute approximate surface area is 103 Å². The molecule has 1 amide bonds. The van der Waals surface area contributed by atoms with Crippen molar-refractivity contribution in [3.8, 4) is 0 Å². The Morgan fingerprint density at radius 2 is 2.00 bits per heavy atom. The number of benzene rings is 1. The molecule has 1 aliphatic rings. The van der Waals surface area contributed by atoms with Crippen LogP contribution in [-0.2, 0) is 4.79 Å². The van der Waals surface area contributed by atoms with Gasteiger partial charge in [0.2, 0.25) is 5.91 Å². The van der Waals surface area contributed by atoms with Gasteiger partial charge in [-0.2, -0.15) is 0 Å². The lowest BCUT2D eigenvalue weighted by molar-refractivity contribution is -0.120. The first-order valence-corrected chi connectivity index (χ1v) is 6.19. The van der Waals surface area contributed by atoms with E-state index in [-0.39, 0.29) is 11.9 Å². The highest BCUT2D eigenvalue weighted by atomic mass is 16.2. The van der Waals surface area contributed by atoms with Crippen molar-refractivity contribution in [3.05, 3.63) is 23.3 Å². The van der Waals surface area contributed by atoms with E-state index in [0.717, 1.165) is 35.3 Å². The summed E-state index contributed by atoms with van der Waals surface area (Å²) in [6.45, 7) is 6.14. The minimum absolute atomic E-state index is 0.218. The molecule has 1 heterocycles. The summed E-state index contributed by atoms with van der Waals surface area (Å²) in [5.74, 6) is 0.218. The zero-order valence-electron chi connectivity index (χ0n) is 10.8. The van der Waals surface area contributed by atoms with Gasteiger partial charge < -0.3 is 10.6 Å². The van der Waals surface area contributed by atoms with Gasteiger partial charge in [-0.25, -0.2) is 0 Å². The van der Waals surface area contributed by atoms with Gasteiger partial charge in [0.25, 0.3) is 0 Å². The van der Waals surface area contributed by atoms with Crippen LogP contribution >= 0.6 is 0 Å². The fourth-order valence-corrected chi connectivity index (χ4v) is 2.53. The van der Waals surface area contributed by atoms with Crippen LogP contribution in [0.4, 0.5) is 11.4 Å². The summed E-state index contributed by atoms with van der Waals surface area (Å²) in [7, 11) is 0. The second-order valence-electron chi connectivity index (χ2n) is 5.00. The molecule has 92 valence electrons. The molecule has 1 aromatic rings. The number of nitrogens with two attached hydrogens (primary N) is 1. The van der Waals surface area contributed by atoms with Crippen LogP contribution < -0.4 is 10.6 Å². The quantitative estimate of drug-likeness (QED) is 0.757. The topological polar surface area (TPSA) is 46.3 Å². The average Bonchev–Trinajstić information content (AvgIpc) is 2.25. The van der Waals surface area contributed by atoms with Crippen LogP contribution in [0.15, 0.2) is 12.1 Å². The SMILES string of the molecule is Cc1cc(C)c(N2C(=O)CCCC2C)cc1N. The van der Waals surface area contributed by atoms with Crippen molar-refractivity contribution in [2.24, 2.45) is 0 Å². The second-order valence-corrected chi connectivity index (χ2v) is 5.00. The summed E-state index contributed by atoms with van der Waals surface area (Å²) in [5.41, 5.74) is 9.88. The minimum atomic E-state index is 0.218. The molecule has 1 aromatic carbocycles. The van der Waals surface area contributed by atoms with E-state index < -0.39 is 0 Å². The first-order chi connectivity index (χ1) is 8.00. The van der Waals surface area contributed by atoms with Crippen LogP contribution in [0.1, 0.15) is 37.3 Å². The number of hydrogen-bond acceptors (Lipinski definition) is 2. The maximum atomic E-state index is 12.0. The van der Waals surface area contributed by atoms with Gasteiger partial charge in [0.05, 0.1) is 0 Å². The van der Waals surface area contributed by atoms with E-state index in [4.69, 9.17) is 5.73 Å². The molecule has 0 bridgehead atoms. The molecule has 0 spiro atoms. The Morgan fingerprint density at radius 1 is 1.29 bits per heavy atom. The first-order valence-electron chi connectivity index (χ1n) is 6.19. The third-order valence-electron chi connectivity index (χ3n) is 3.57. The molecule has 1 fully saturated rings. The summed E-state index contributed by atoms with van der Waals surface area (Å²) in [4.78, 5) is 14.0. The van der Waals surface area contributed by atoms with Gasteiger partial charge in [-0.05, 0) is 50.8 Å². The smallest absolute Gasteiger partial charge is 0.227 e. The van der Waals surface area contributed by atoms with Gasteiger partial charge in [-0.1, -0.05) is 6.07 Å². The van der Waals surface area contributed by atoms with E-state index in [9.17, 15) is 4.79 Å². The summed E-state index contributed by atoms with van der Waals surface area (Å²) < 4.78 is 0. The summed E-state index contributed by atoms with van der Waals surface area (Å²) in [5, 5.41) is 0.